The van der Waals surface area contributed by atoms with Crippen molar-refractivity contribution in [3.8, 4) is 11.3 Å². The van der Waals surface area contributed by atoms with Crippen molar-refractivity contribution >= 4 is 34.9 Å². The SMILES string of the molecule is CCCc1ccc(C2(C)NC(=O)N(CC(=O)N3CCc4cc(-c5csc(C)n5)ccc43)C2=O)cc1. The Labute approximate surface area is 208 Å². The maximum Gasteiger partial charge on any atom is 0.325 e. The minimum atomic E-state index is -1.19. The number of urea groups is 1. The molecule has 4 amide bonds. The summed E-state index contributed by atoms with van der Waals surface area (Å²) in [7, 11) is 0. The monoisotopic (exact) mass is 488 g/mol. The molecule has 1 aromatic heterocycles. The van der Waals surface area contributed by atoms with Crippen LogP contribution in [-0.2, 0) is 28.0 Å². The van der Waals surface area contributed by atoms with Crippen molar-refractivity contribution < 1.29 is 14.4 Å². The average Bonchev–Trinajstić information content (AvgIpc) is 3.53. The molecule has 1 N–H and O–H groups in total. The fourth-order valence-corrected chi connectivity index (χ4v) is 5.49. The molecule has 1 atom stereocenters. The fraction of sp³-hybridized carbons (Fsp3) is 0.333. The Hall–Kier alpha value is -3.52. The molecule has 2 aliphatic heterocycles. The molecular formula is C27H28N4O3S. The van der Waals surface area contributed by atoms with Crippen molar-refractivity contribution in [3.05, 3.63) is 69.5 Å². The Morgan fingerprint density at radius 3 is 2.63 bits per heavy atom. The van der Waals surface area contributed by atoms with Crippen LogP contribution < -0.4 is 10.2 Å². The summed E-state index contributed by atoms with van der Waals surface area (Å²) in [6.45, 7) is 6.02. The minimum absolute atomic E-state index is 0.271. The van der Waals surface area contributed by atoms with Gasteiger partial charge in [-0.25, -0.2) is 9.78 Å². The molecule has 2 aliphatic rings. The average molecular weight is 489 g/mol. The normalized spacial score (nSPS) is 19.3. The summed E-state index contributed by atoms with van der Waals surface area (Å²) in [6, 6.07) is 13.2. The van der Waals surface area contributed by atoms with Crippen LogP contribution >= 0.6 is 11.3 Å². The zero-order valence-electron chi connectivity index (χ0n) is 20.1. The first kappa shape index (κ1) is 23.2. The first-order chi connectivity index (χ1) is 16.8. The number of hydrogen-bond donors (Lipinski definition) is 1. The number of hydrogen-bond acceptors (Lipinski definition) is 5. The van der Waals surface area contributed by atoms with Gasteiger partial charge < -0.3 is 10.2 Å². The highest BCUT2D eigenvalue weighted by molar-refractivity contribution is 7.09. The van der Waals surface area contributed by atoms with Crippen LogP contribution in [0, 0.1) is 6.92 Å². The number of carbonyl (C=O) groups excluding carboxylic acids is 3. The largest absolute Gasteiger partial charge is 0.325 e. The van der Waals surface area contributed by atoms with Gasteiger partial charge in [0.25, 0.3) is 5.91 Å². The summed E-state index contributed by atoms with van der Waals surface area (Å²) in [6.07, 6.45) is 2.72. The second-order valence-corrected chi connectivity index (χ2v) is 10.3. The summed E-state index contributed by atoms with van der Waals surface area (Å²) >= 11 is 1.61. The van der Waals surface area contributed by atoms with E-state index in [4.69, 9.17) is 0 Å². The number of imide groups is 1. The Morgan fingerprint density at radius 1 is 1.17 bits per heavy atom. The highest BCUT2D eigenvalue weighted by atomic mass is 32.1. The molecule has 1 unspecified atom stereocenters. The third-order valence-electron chi connectivity index (χ3n) is 6.83. The maximum atomic E-state index is 13.3. The van der Waals surface area contributed by atoms with E-state index in [0.717, 1.165) is 51.7 Å². The molecule has 0 bridgehead atoms. The Bertz CT molecular complexity index is 1320. The zero-order valence-corrected chi connectivity index (χ0v) is 20.9. The summed E-state index contributed by atoms with van der Waals surface area (Å²) in [5, 5.41) is 5.84. The molecule has 5 rings (SSSR count). The van der Waals surface area contributed by atoms with Gasteiger partial charge >= 0.3 is 6.03 Å². The molecule has 35 heavy (non-hydrogen) atoms. The second-order valence-electron chi connectivity index (χ2n) is 9.28. The van der Waals surface area contributed by atoms with Gasteiger partial charge in [-0.15, -0.1) is 11.3 Å². The molecule has 1 saturated heterocycles. The highest BCUT2D eigenvalue weighted by Gasteiger charge is 2.49. The zero-order chi connectivity index (χ0) is 24.7. The van der Waals surface area contributed by atoms with E-state index in [1.54, 1.807) is 23.2 Å². The summed E-state index contributed by atoms with van der Waals surface area (Å²) in [5.74, 6) is -0.681. The number of anilines is 1. The van der Waals surface area contributed by atoms with Gasteiger partial charge in [0.1, 0.15) is 12.1 Å². The lowest BCUT2D eigenvalue weighted by molar-refractivity contribution is -0.134. The van der Waals surface area contributed by atoms with E-state index >= 15 is 0 Å². The first-order valence-corrected chi connectivity index (χ1v) is 12.8. The molecule has 180 valence electrons. The number of nitrogens with one attached hydrogen (secondary N) is 1. The molecule has 2 aromatic carbocycles. The van der Waals surface area contributed by atoms with Gasteiger partial charge in [0, 0.05) is 23.2 Å². The van der Waals surface area contributed by atoms with Crippen LogP contribution in [0.15, 0.2) is 47.8 Å². The Balaban J connectivity index is 1.32. The fourth-order valence-electron chi connectivity index (χ4n) is 4.87. The Morgan fingerprint density at radius 2 is 1.94 bits per heavy atom. The number of nitrogens with zero attached hydrogens (tertiary/aromatic N) is 3. The van der Waals surface area contributed by atoms with Crippen LogP contribution in [0.1, 0.15) is 42.0 Å². The third kappa shape index (κ3) is 4.12. The number of aryl methyl sites for hydroxylation is 2. The van der Waals surface area contributed by atoms with Crippen LogP contribution in [0.3, 0.4) is 0 Å². The topological polar surface area (TPSA) is 82.6 Å². The molecule has 0 spiro atoms. The maximum absolute atomic E-state index is 13.3. The molecular weight excluding hydrogens is 460 g/mol. The van der Waals surface area contributed by atoms with E-state index in [2.05, 4.69) is 23.3 Å². The van der Waals surface area contributed by atoms with Gasteiger partial charge in [0.15, 0.2) is 0 Å². The lowest BCUT2D eigenvalue weighted by Gasteiger charge is -2.23. The molecule has 3 aromatic rings. The predicted octanol–water partition coefficient (Wildman–Crippen LogP) is 4.43. The molecule has 7 nitrogen and oxygen atoms in total. The van der Waals surface area contributed by atoms with Crippen LogP contribution in [0.5, 0.6) is 0 Å². The number of aromatic nitrogens is 1. The number of benzene rings is 2. The molecule has 0 aliphatic carbocycles. The number of fused-ring (bicyclic) bond motifs is 1. The van der Waals surface area contributed by atoms with Gasteiger partial charge in [-0.05, 0) is 55.5 Å². The predicted molar refractivity (Wildman–Crippen MR) is 136 cm³/mol. The minimum Gasteiger partial charge on any atom is -0.319 e. The molecule has 8 heteroatoms. The van der Waals surface area contributed by atoms with Crippen molar-refractivity contribution in [2.24, 2.45) is 0 Å². The van der Waals surface area contributed by atoms with Gasteiger partial charge in [-0.2, -0.15) is 0 Å². The van der Waals surface area contributed by atoms with Gasteiger partial charge in [0.2, 0.25) is 5.91 Å². The van der Waals surface area contributed by atoms with Crippen molar-refractivity contribution in [1.82, 2.24) is 15.2 Å². The number of amides is 4. The standard InChI is InChI=1S/C27H28N4O3S/c1-4-5-18-6-9-21(10-7-18)27(3)25(33)31(26(34)29-27)15-24(32)30-13-12-20-14-19(8-11-23(20)30)22-16-35-17(2)28-22/h6-11,14,16H,4-5,12-13,15H2,1-3H3,(H,29,34). The van der Waals surface area contributed by atoms with E-state index < -0.39 is 17.5 Å². The molecule has 0 saturated carbocycles. The number of thiazole rings is 1. The van der Waals surface area contributed by atoms with Crippen LogP contribution in [-0.4, -0.2) is 40.8 Å². The molecule has 3 heterocycles. The molecule has 1 fully saturated rings. The quantitative estimate of drug-likeness (QED) is 0.521. The van der Waals surface area contributed by atoms with E-state index in [1.165, 1.54) is 5.56 Å². The van der Waals surface area contributed by atoms with E-state index in [1.807, 2.05) is 48.7 Å². The smallest absolute Gasteiger partial charge is 0.319 e. The van der Waals surface area contributed by atoms with Crippen molar-refractivity contribution in [2.45, 2.75) is 45.6 Å². The van der Waals surface area contributed by atoms with Crippen LogP contribution in [0.2, 0.25) is 0 Å². The van der Waals surface area contributed by atoms with Crippen molar-refractivity contribution in [1.29, 1.82) is 0 Å². The van der Waals surface area contributed by atoms with Gasteiger partial charge in [-0.1, -0.05) is 43.7 Å². The lowest BCUT2D eigenvalue weighted by atomic mass is 9.91. The Kier molecular flexibility index (Phi) is 5.92. The summed E-state index contributed by atoms with van der Waals surface area (Å²) < 4.78 is 0. The molecule has 0 radical (unpaired) electrons. The van der Waals surface area contributed by atoms with Crippen molar-refractivity contribution in [3.63, 3.8) is 0 Å². The van der Waals surface area contributed by atoms with Gasteiger partial charge in [-0.3, -0.25) is 14.5 Å². The van der Waals surface area contributed by atoms with Crippen molar-refractivity contribution in [2.75, 3.05) is 18.0 Å². The van der Waals surface area contributed by atoms with E-state index in [-0.39, 0.29) is 12.5 Å². The van der Waals surface area contributed by atoms with Crippen LogP contribution in [0.4, 0.5) is 10.5 Å². The first-order valence-electron chi connectivity index (χ1n) is 11.9. The van der Waals surface area contributed by atoms with E-state index in [0.29, 0.717) is 12.1 Å². The number of rotatable bonds is 6. The summed E-state index contributed by atoms with van der Waals surface area (Å²) in [5.41, 5.74) is 4.55. The highest BCUT2D eigenvalue weighted by Crippen LogP contribution is 2.34. The summed E-state index contributed by atoms with van der Waals surface area (Å²) in [4.78, 5) is 46.5. The third-order valence-corrected chi connectivity index (χ3v) is 7.60. The second kappa shape index (κ2) is 8.92. The van der Waals surface area contributed by atoms with E-state index in [9.17, 15) is 14.4 Å². The van der Waals surface area contributed by atoms with Gasteiger partial charge in [0.05, 0.1) is 10.7 Å². The van der Waals surface area contributed by atoms with Crippen LogP contribution in [0.25, 0.3) is 11.3 Å². The number of carbonyl (C=O) groups is 3. The lowest BCUT2D eigenvalue weighted by Crippen LogP contribution is -2.44.